The van der Waals surface area contributed by atoms with Gasteiger partial charge in [0.1, 0.15) is 5.82 Å². The minimum atomic E-state index is -0.600. The highest BCUT2D eigenvalue weighted by atomic mass is 35.5. The number of nitrogens with zero attached hydrogens (tertiary/aromatic N) is 1. The van der Waals surface area contributed by atoms with E-state index < -0.39 is 11.7 Å². The molecule has 1 aromatic carbocycles. The Morgan fingerprint density at radius 2 is 2.04 bits per heavy atom. The van der Waals surface area contributed by atoms with Crippen LogP contribution in [0.5, 0.6) is 0 Å². The van der Waals surface area contributed by atoms with E-state index in [-0.39, 0.29) is 35.7 Å². The van der Waals surface area contributed by atoms with Crippen molar-refractivity contribution in [3.8, 4) is 0 Å². The van der Waals surface area contributed by atoms with Gasteiger partial charge in [0, 0.05) is 25.7 Å². The number of carbonyl (C=O) groups is 2. The van der Waals surface area contributed by atoms with E-state index in [2.05, 4.69) is 5.32 Å². The quantitative estimate of drug-likeness (QED) is 0.880. The Kier molecular flexibility index (Phi) is 6.97. The van der Waals surface area contributed by atoms with Crippen molar-refractivity contribution in [2.75, 3.05) is 26.0 Å². The van der Waals surface area contributed by atoms with E-state index in [1.54, 1.807) is 14.1 Å². The molecule has 1 aliphatic carbocycles. The molecule has 0 heterocycles. The first-order valence-electron chi connectivity index (χ1n) is 7.46. The van der Waals surface area contributed by atoms with Gasteiger partial charge in [0.05, 0.1) is 5.56 Å². The maximum Gasteiger partial charge on any atom is 0.256 e. The summed E-state index contributed by atoms with van der Waals surface area (Å²) in [6.45, 7) is 0.492. The highest BCUT2D eigenvalue weighted by molar-refractivity contribution is 5.97. The van der Waals surface area contributed by atoms with E-state index in [1.165, 1.54) is 23.1 Å². The van der Waals surface area contributed by atoms with Crippen LogP contribution >= 0.6 is 12.4 Å². The maximum absolute atomic E-state index is 13.8. The third-order valence-electron chi connectivity index (χ3n) is 4.17. The minimum absolute atomic E-state index is 0. The third-order valence-corrected chi connectivity index (χ3v) is 4.17. The van der Waals surface area contributed by atoms with Crippen LogP contribution in [0.2, 0.25) is 0 Å². The molecule has 3 N–H and O–H groups in total. The average Bonchev–Trinajstić information content (AvgIpc) is 2.97. The molecular weight excluding hydrogens is 321 g/mol. The molecule has 23 heavy (non-hydrogen) atoms. The summed E-state index contributed by atoms with van der Waals surface area (Å²) in [6, 6.07) is 4.04. The largest absolute Gasteiger partial charge is 0.345 e. The van der Waals surface area contributed by atoms with E-state index in [1.807, 2.05) is 0 Å². The highest BCUT2D eigenvalue weighted by Gasteiger charge is 2.32. The molecular formula is C16H23ClFN3O2. The summed E-state index contributed by atoms with van der Waals surface area (Å²) >= 11 is 0. The second kappa shape index (κ2) is 8.26. The number of nitrogens with two attached hydrogens (primary N) is 1. The van der Waals surface area contributed by atoms with E-state index in [9.17, 15) is 14.0 Å². The lowest BCUT2D eigenvalue weighted by atomic mass is 9.95. The van der Waals surface area contributed by atoms with Crippen LogP contribution in [0.25, 0.3) is 0 Å². The van der Waals surface area contributed by atoms with Gasteiger partial charge in [-0.2, -0.15) is 0 Å². The highest BCUT2D eigenvalue weighted by Crippen LogP contribution is 2.32. The fourth-order valence-electron chi connectivity index (χ4n) is 2.91. The molecule has 0 aromatic heterocycles. The zero-order valence-electron chi connectivity index (χ0n) is 13.3. The van der Waals surface area contributed by atoms with Crippen molar-refractivity contribution in [3.05, 3.63) is 29.6 Å². The van der Waals surface area contributed by atoms with Crippen LogP contribution in [0, 0.1) is 17.7 Å². The van der Waals surface area contributed by atoms with Gasteiger partial charge in [-0.3, -0.25) is 9.59 Å². The smallest absolute Gasteiger partial charge is 0.256 e. The summed E-state index contributed by atoms with van der Waals surface area (Å²) in [5, 5.41) is 2.78. The Bertz CT molecular complexity index is 580. The number of nitrogens with one attached hydrogen (secondary N) is 1. The Hall–Kier alpha value is -1.66. The van der Waals surface area contributed by atoms with E-state index in [4.69, 9.17) is 5.73 Å². The molecule has 7 heteroatoms. The Morgan fingerprint density at radius 1 is 1.35 bits per heavy atom. The molecule has 128 valence electrons. The first-order valence-corrected chi connectivity index (χ1v) is 7.46. The monoisotopic (exact) mass is 343 g/mol. The maximum atomic E-state index is 13.8. The van der Waals surface area contributed by atoms with Crippen molar-refractivity contribution >= 4 is 29.9 Å². The van der Waals surface area contributed by atoms with Gasteiger partial charge in [-0.05, 0) is 43.5 Å². The normalized spacial score (nSPS) is 19.8. The topological polar surface area (TPSA) is 75.4 Å². The fraction of sp³-hybridized carbons (Fsp3) is 0.500. The lowest BCUT2D eigenvalue weighted by Crippen LogP contribution is -2.30. The van der Waals surface area contributed by atoms with Gasteiger partial charge < -0.3 is 16.0 Å². The number of benzene rings is 1. The molecule has 2 atom stereocenters. The molecule has 0 aliphatic heterocycles. The Balaban J connectivity index is 0.00000264. The number of halogens is 2. The van der Waals surface area contributed by atoms with Crippen molar-refractivity contribution in [3.63, 3.8) is 0 Å². The fourth-order valence-corrected chi connectivity index (χ4v) is 2.91. The first kappa shape index (κ1) is 19.4. The zero-order chi connectivity index (χ0) is 16.3. The lowest BCUT2D eigenvalue weighted by molar-refractivity contribution is -0.120. The average molecular weight is 344 g/mol. The van der Waals surface area contributed by atoms with Gasteiger partial charge >= 0.3 is 0 Å². The van der Waals surface area contributed by atoms with Crippen molar-refractivity contribution in [1.29, 1.82) is 0 Å². The molecule has 1 aliphatic rings. The Morgan fingerprint density at radius 3 is 2.65 bits per heavy atom. The molecule has 0 spiro atoms. The summed E-state index contributed by atoms with van der Waals surface area (Å²) in [6.07, 6.45) is 2.77. The summed E-state index contributed by atoms with van der Waals surface area (Å²) in [5.74, 6) is -1.05. The molecule has 2 amide bonds. The number of amides is 2. The van der Waals surface area contributed by atoms with Gasteiger partial charge in [-0.15, -0.1) is 12.4 Å². The zero-order valence-corrected chi connectivity index (χ0v) is 14.2. The predicted octanol–water partition coefficient (Wildman–Crippen LogP) is 2.26. The molecule has 0 bridgehead atoms. The second-order valence-electron chi connectivity index (χ2n) is 5.92. The molecule has 2 rings (SSSR count). The number of carbonyl (C=O) groups excluding carboxylic acids is 2. The summed E-state index contributed by atoms with van der Waals surface area (Å²) in [7, 11) is 3.11. The van der Waals surface area contributed by atoms with Gasteiger partial charge in [0.15, 0.2) is 0 Å². The molecule has 1 aromatic rings. The molecule has 1 fully saturated rings. The Labute approximate surface area is 141 Å². The number of anilines is 1. The summed E-state index contributed by atoms with van der Waals surface area (Å²) < 4.78 is 13.8. The van der Waals surface area contributed by atoms with Gasteiger partial charge in [-0.1, -0.05) is 6.42 Å². The van der Waals surface area contributed by atoms with Gasteiger partial charge in [0.25, 0.3) is 5.91 Å². The van der Waals surface area contributed by atoms with Crippen LogP contribution in [-0.2, 0) is 4.79 Å². The van der Waals surface area contributed by atoms with E-state index in [0.29, 0.717) is 12.2 Å². The number of hydrogen-bond acceptors (Lipinski definition) is 3. The van der Waals surface area contributed by atoms with Crippen LogP contribution in [0.3, 0.4) is 0 Å². The van der Waals surface area contributed by atoms with Gasteiger partial charge in [0.2, 0.25) is 5.91 Å². The molecule has 0 radical (unpaired) electrons. The van der Waals surface area contributed by atoms with Crippen molar-refractivity contribution in [2.45, 2.75) is 19.3 Å². The van der Waals surface area contributed by atoms with E-state index in [0.717, 1.165) is 19.3 Å². The third kappa shape index (κ3) is 4.42. The SMILES string of the molecule is CN(C)C(=O)c1cc(NC(=O)[C@@H]2CCC[C@@H]2CN)ccc1F.Cl. The lowest BCUT2D eigenvalue weighted by Gasteiger charge is -2.18. The van der Waals surface area contributed by atoms with Crippen molar-refractivity contribution in [1.82, 2.24) is 4.90 Å². The summed E-state index contributed by atoms with van der Waals surface area (Å²) in [5.41, 5.74) is 6.07. The van der Waals surface area contributed by atoms with Crippen LogP contribution in [-0.4, -0.2) is 37.4 Å². The molecule has 0 unspecified atom stereocenters. The number of rotatable bonds is 4. The molecule has 5 nitrogen and oxygen atoms in total. The molecule has 1 saturated carbocycles. The van der Waals surface area contributed by atoms with Crippen LogP contribution in [0.15, 0.2) is 18.2 Å². The van der Waals surface area contributed by atoms with Crippen LogP contribution in [0.1, 0.15) is 29.6 Å². The molecule has 0 saturated heterocycles. The second-order valence-corrected chi connectivity index (χ2v) is 5.92. The van der Waals surface area contributed by atoms with Gasteiger partial charge in [-0.25, -0.2) is 4.39 Å². The minimum Gasteiger partial charge on any atom is -0.345 e. The predicted molar refractivity (Wildman–Crippen MR) is 90.2 cm³/mol. The van der Waals surface area contributed by atoms with Crippen molar-refractivity contribution < 1.29 is 14.0 Å². The van der Waals surface area contributed by atoms with Crippen LogP contribution in [0.4, 0.5) is 10.1 Å². The standard InChI is InChI=1S/C16H22FN3O2.ClH/c1-20(2)16(22)13-8-11(6-7-14(13)17)19-15(21)12-5-3-4-10(12)9-18;/h6-8,10,12H,3-5,9,18H2,1-2H3,(H,19,21);1H/t10-,12-;/m1./s1. The summed E-state index contributed by atoms with van der Waals surface area (Å²) in [4.78, 5) is 25.5. The van der Waals surface area contributed by atoms with E-state index >= 15 is 0 Å². The first-order chi connectivity index (χ1) is 10.4. The van der Waals surface area contributed by atoms with Crippen molar-refractivity contribution in [2.24, 2.45) is 17.6 Å². The number of hydrogen-bond donors (Lipinski definition) is 2. The van der Waals surface area contributed by atoms with Crippen LogP contribution < -0.4 is 11.1 Å².